The number of ether oxygens (including phenoxy) is 2. The molecule has 5 rings (SSSR count). The lowest BCUT2D eigenvalue weighted by atomic mass is 9.86. The molecule has 3 aliphatic heterocycles. The van der Waals surface area contributed by atoms with Crippen LogP contribution in [-0.4, -0.2) is 84.5 Å². The van der Waals surface area contributed by atoms with E-state index in [1.807, 2.05) is 9.80 Å². The fourth-order valence-electron chi connectivity index (χ4n) is 6.19. The second-order valence-electron chi connectivity index (χ2n) is 10.3. The SMILES string of the molecule is CO[C@@H]1COCC[C@@H]1N[C@@H]1CC[C@](C)(C(=O)N2C[C@H]3C[C@H]2CN3c2cncc(C(F)(F)F)n2)C1. The van der Waals surface area contributed by atoms with Crippen LogP contribution in [0, 0.1) is 5.41 Å². The number of piperazine rings is 1. The van der Waals surface area contributed by atoms with Crippen molar-refractivity contribution < 1.29 is 27.4 Å². The van der Waals surface area contributed by atoms with Crippen LogP contribution < -0.4 is 10.2 Å². The first-order valence-corrected chi connectivity index (χ1v) is 12.0. The van der Waals surface area contributed by atoms with Gasteiger partial charge in [-0.3, -0.25) is 9.78 Å². The van der Waals surface area contributed by atoms with Crippen LogP contribution >= 0.6 is 0 Å². The maximum atomic E-state index is 13.6. The van der Waals surface area contributed by atoms with E-state index in [2.05, 4.69) is 22.2 Å². The maximum absolute atomic E-state index is 13.6. The molecule has 0 radical (unpaired) electrons. The lowest BCUT2D eigenvalue weighted by Crippen LogP contribution is -2.53. The smallest absolute Gasteiger partial charge is 0.379 e. The van der Waals surface area contributed by atoms with Gasteiger partial charge in [0.15, 0.2) is 5.69 Å². The van der Waals surface area contributed by atoms with Gasteiger partial charge in [0.25, 0.3) is 0 Å². The molecule has 1 N–H and O–H groups in total. The van der Waals surface area contributed by atoms with Crippen LogP contribution in [0.2, 0.25) is 0 Å². The minimum absolute atomic E-state index is 0.00829. The van der Waals surface area contributed by atoms with Crippen molar-refractivity contribution in [2.24, 2.45) is 5.41 Å². The van der Waals surface area contributed by atoms with E-state index in [-0.39, 0.29) is 42.0 Å². The van der Waals surface area contributed by atoms with Gasteiger partial charge >= 0.3 is 6.18 Å². The van der Waals surface area contributed by atoms with Crippen molar-refractivity contribution in [3.05, 3.63) is 18.1 Å². The number of aromatic nitrogens is 2. The summed E-state index contributed by atoms with van der Waals surface area (Å²) in [5.74, 6) is 0.393. The number of rotatable bonds is 5. The summed E-state index contributed by atoms with van der Waals surface area (Å²) in [7, 11) is 1.70. The third-order valence-electron chi connectivity index (χ3n) is 8.02. The summed E-state index contributed by atoms with van der Waals surface area (Å²) >= 11 is 0. The monoisotopic (exact) mass is 483 g/mol. The van der Waals surface area contributed by atoms with Crippen molar-refractivity contribution in [1.29, 1.82) is 0 Å². The maximum Gasteiger partial charge on any atom is 0.434 e. The summed E-state index contributed by atoms with van der Waals surface area (Å²) in [6, 6.07) is 0.443. The molecule has 4 fully saturated rings. The molecule has 0 unspecified atom stereocenters. The van der Waals surface area contributed by atoms with E-state index in [4.69, 9.17) is 9.47 Å². The van der Waals surface area contributed by atoms with Crippen LogP contribution in [0.25, 0.3) is 0 Å². The Balaban J connectivity index is 1.20. The highest BCUT2D eigenvalue weighted by Crippen LogP contribution is 2.43. The molecule has 1 amide bonds. The molecule has 3 saturated heterocycles. The van der Waals surface area contributed by atoms with Crippen molar-refractivity contribution in [3.8, 4) is 0 Å². The molecule has 188 valence electrons. The van der Waals surface area contributed by atoms with Gasteiger partial charge in [-0.15, -0.1) is 0 Å². The topological polar surface area (TPSA) is 79.8 Å². The number of carbonyl (C=O) groups excluding carboxylic acids is 1. The summed E-state index contributed by atoms with van der Waals surface area (Å²) in [6.07, 6.45) is 1.79. The highest BCUT2D eigenvalue weighted by molar-refractivity contribution is 5.84. The van der Waals surface area contributed by atoms with Gasteiger partial charge in [0.05, 0.1) is 37.2 Å². The van der Waals surface area contributed by atoms with E-state index >= 15 is 0 Å². The number of fused-ring (bicyclic) bond motifs is 2. The Hall–Kier alpha value is -1.98. The van der Waals surface area contributed by atoms with Gasteiger partial charge in [-0.1, -0.05) is 6.92 Å². The standard InChI is InChI=1S/C23H32F3N5O3/c1-22(5-3-14(8-22)28-17-4-6-34-13-18(17)33-2)21(32)31-12-15-7-16(31)11-30(15)20-10-27-9-19(29-20)23(24,25)26/h9-10,14-18,28H,3-8,11-13H2,1-2H3/t14-,15-,16+,17+,18-,22+/m1/s1. The first kappa shape index (κ1) is 23.7. The van der Waals surface area contributed by atoms with Gasteiger partial charge in [0.1, 0.15) is 5.82 Å². The number of hydrogen-bond acceptors (Lipinski definition) is 7. The molecule has 6 atom stereocenters. The molecule has 1 saturated carbocycles. The van der Waals surface area contributed by atoms with E-state index in [0.29, 0.717) is 26.3 Å². The van der Waals surface area contributed by atoms with Crippen LogP contribution in [0.5, 0.6) is 0 Å². The first-order chi connectivity index (χ1) is 16.2. The van der Waals surface area contributed by atoms with Gasteiger partial charge in [-0.25, -0.2) is 4.98 Å². The summed E-state index contributed by atoms with van der Waals surface area (Å²) < 4.78 is 50.2. The Labute approximate surface area is 197 Å². The summed E-state index contributed by atoms with van der Waals surface area (Å²) in [4.78, 5) is 25.0. The number of alkyl halides is 3. The number of halogens is 3. The first-order valence-electron chi connectivity index (χ1n) is 12.0. The Morgan fingerprint density at radius 3 is 2.79 bits per heavy atom. The average Bonchev–Trinajstić information content (AvgIpc) is 3.53. The highest BCUT2D eigenvalue weighted by Gasteiger charge is 2.52. The average molecular weight is 484 g/mol. The Kier molecular flexibility index (Phi) is 6.22. The van der Waals surface area contributed by atoms with Crippen molar-refractivity contribution in [1.82, 2.24) is 20.2 Å². The molecular formula is C23H32F3N5O3. The van der Waals surface area contributed by atoms with Gasteiger partial charge < -0.3 is 24.6 Å². The number of nitrogens with one attached hydrogen (secondary N) is 1. The summed E-state index contributed by atoms with van der Waals surface area (Å²) in [5.41, 5.74) is -1.42. The van der Waals surface area contributed by atoms with Crippen LogP contribution in [0.3, 0.4) is 0 Å². The normalized spacial score (nSPS) is 35.9. The molecule has 1 aliphatic carbocycles. The number of amides is 1. The van der Waals surface area contributed by atoms with Crippen molar-refractivity contribution >= 4 is 11.7 Å². The number of likely N-dealkylation sites (tertiary alicyclic amines) is 1. The van der Waals surface area contributed by atoms with E-state index in [1.165, 1.54) is 6.20 Å². The van der Waals surface area contributed by atoms with Gasteiger partial charge in [-0.05, 0) is 32.1 Å². The Bertz CT molecular complexity index is 918. The second kappa shape index (κ2) is 8.91. The lowest BCUT2D eigenvalue weighted by molar-refractivity contribution is -0.142. The number of nitrogens with zero attached hydrogens (tertiary/aromatic N) is 4. The van der Waals surface area contributed by atoms with E-state index in [0.717, 1.165) is 38.3 Å². The van der Waals surface area contributed by atoms with Crippen LogP contribution in [0.1, 0.15) is 44.7 Å². The molecule has 8 nitrogen and oxygen atoms in total. The number of anilines is 1. The van der Waals surface area contributed by atoms with Crippen LogP contribution in [0.15, 0.2) is 12.4 Å². The fourth-order valence-corrected chi connectivity index (χ4v) is 6.19. The number of hydrogen-bond donors (Lipinski definition) is 1. The van der Waals surface area contributed by atoms with Gasteiger partial charge in [0.2, 0.25) is 5.91 Å². The van der Waals surface area contributed by atoms with Crippen molar-refractivity contribution in [3.63, 3.8) is 0 Å². The predicted molar refractivity (Wildman–Crippen MR) is 117 cm³/mol. The molecule has 4 aliphatic rings. The highest BCUT2D eigenvalue weighted by atomic mass is 19.4. The number of methoxy groups -OCH3 is 1. The summed E-state index contributed by atoms with van der Waals surface area (Å²) in [5, 5.41) is 3.71. The fraction of sp³-hybridized carbons (Fsp3) is 0.783. The Morgan fingerprint density at radius 1 is 1.26 bits per heavy atom. The predicted octanol–water partition coefficient (Wildman–Crippen LogP) is 2.24. The zero-order valence-corrected chi connectivity index (χ0v) is 19.6. The molecule has 0 spiro atoms. The molecule has 34 heavy (non-hydrogen) atoms. The zero-order chi connectivity index (χ0) is 24.1. The second-order valence-corrected chi connectivity index (χ2v) is 10.3. The minimum Gasteiger partial charge on any atom is -0.379 e. The third kappa shape index (κ3) is 4.37. The van der Waals surface area contributed by atoms with Crippen molar-refractivity contribution in [2.75, 3.05) is 38.3 Å². The minimum atomic E-state index is -4.53. The quantitative estimate of drug-likeness (QED) is 0.688. The largest absolute Gasteiger partial charge is 0.434 e. The molecular weight excluding hydrogens is 451 g/mol. The molecule has 0 aromatic carbocycles. The van der Waals surface area contributed by atoms with E-state index in [1.54, 1.807) is 7.11 Å². The Morgan fingerprint density at radius 2 is 2.09 bits per heavy atom. The summed E-state index contributed by atoms with van der Waals surface area (Å²) in [6.45, 7) is 4.35. The van der Waals surface area contributed by atoms with Gasteiger partial charge in [0, 0.05) is 44.3 Å². The van der Waals surface area contributed by atoms with E-state index < -0.39 is 17.3 Å². The van der Waals surface area contributed by atoms with Crippen LogP contribution in [0.4, 0.5) is 19.0 Å². The van der Waals surface area contributed by atoms with Crippen LogP contribution in [-0.2, 0) is 20.4 Å². The lowest BCUT2D eigenvalue weighted by Gasteiger charge is -2.39. The molecule has 1 aromatic heterocycles. The molecule has 11 heteroatoms. The number of carbonyl (C=O) groups is 1. The van der Waals surface area contributed by atoms with Crippen molar-refractivity contribution in [2.45, 2.75) is 75.5 Å². The third-order valence-corrected chi connectivity index (χ3v) is 8.02. The van der Waals surface area contributed by atoms with E-state index in [9.17, 15) is 18.0 Å². The van der Waals surface area contributed by atoms with Gasteiger partial charge in [-0.2, -0.15) is 13.2 Å². The molecule has 2 bridgehead atoms. The zero-order valence-electron chi connectivity index (χ0n) is 19.6. The molecule has 1 aromatic rings. The molecule has 4 heterocycles.